The van der Waals surface area contributed by atoms with E-state index in [2.05, 4.69) is 36.3 Å². The van der Waals surface area contributed by atoms with Gasteiger partial charge < -0.3 is 14.8 Å². The van der Waals surface area contributed by atoms with Crippen molar-refractivity contribution in [2.75, 3.05) is 12.4 Å². The predicted molar refractivity (Wildman–Crippen MR) is 147 cm³/mol. The highest BCUT2D eigenvalue weighted by Crippen LogP contribution is 2.52. The van der Waals surface area contributed by atoms with E-state index < -0.39 is 0 Å². The number of hydrogen-bond acceptors (Lipinski definition) is 5. The molecule has 0 radical (unpaired) electrons. The van der Waals surface area contributed by atoms with Crippen LogP contribution >= 0.6 is 0 Å². The van der Waals surface area contributed by atoms with Gasteiger partial charge in [-0.15, -0.1) is 0 Å². The summed E-state index contributed by atoms with van der Waals surface area (Å²) in [6.07, 6.45) is 3.17. The van der Waals surface area contributed by atoms with Crippen LogP contribution in [0.5, 0.6) is 11.5 Å². The van der Waals surface area contributed by atoms with Crippen molar-refractivity contribution < 1.29 is 14.3 Å². The van der Waals surface area contributed by atoms with E-state index in [9.17, 15) is 4.79 Å². The van der Waals surface area contributed by atoms with Crippen molar-refractivity contribution in [3.8, 4) is 11.5 Å². The number of carbonyl (C=O) groups excluding carboxylic acids is 1. The highest BCUT2D eigenvalue weighted by Gasteiger charge is 2.41. The van der Waals surface area contributed by atoms with Gasteiger partial charge in [-0.3, -0.25) is 9.78 Å². The third-order valence-electron chi connectivity index (χ3n) is 7.35. The second kappa shape index (κ2) is 9.07. The molecule has 0 bridgehead atoms. The maximum Gasteiger partial charge on any atom is 0.162 e. The minimum Gasteiger partial charge on any atom is -0.493 e. The fraction of sp³-hybridized carbons (Fsp3) is 0.250. The first-order valence-corrected chi connectivity index (χ1v) is 12.7. The molecule has 2 heterocycles. The van der Waals surface area contributed by atoms with Crippen LogP contribution in [0.1, 0.15) is 49.4 Å². The molecule has 0 saturated carbocycles. The molecule has 1 aliphatic carbocycles. The average molecular weight is 491 g/mol. The van der Waals surface area contributed by atoms with E-state index in [1.807, 2.05) is 66.9 Å². The van der Waals surface area contributed by atoms with Crippen LogP contribution in [0.2, 0.25) is 0 Å². The standard InChI is InChI=1S/C32H30N2O3/c1-32(2)17-23-29-22-10-7-15-33-24(22)12-13-25(29)34-31(30(23)26(35)18-32)21-11-14-27(28(16-21)36-3)37-19-20-8-5-4-6-9-20/h4-16,31,34H,17-19H2,1-3H3/t31-/m1/s1. The summed E-state index contributed by atoms with van der Waals surface area (Å²) in [5.41, 5.74) is 7.00. The van der Waals surface area contributed by atoms with Gasteiger partial charge in [0.15, 0.2) is 17.3 Å². The Morgan fingerprint density at radius 2 is 1.81 bits per heavy atom. The van der Waals surface area contributed by atoms with Gasteiger partial charge in [-0.1, -0.05) is 56.3 Å². The molecule has 5 heteroatoms. The van der Waals surface area contributed by atoms with Crippen LogP contribution in [0.15, 0.2) is 84.6 Å². The lowest BCUT2D eigenvalue weighted by atomic mass is 9.68. The molecule has 186 valence electrons. The molecule has 2 aliphatic rings. The molecule has 0 amide bonds. The molecule has 0 spiro atoms. The summed E-state index contributed by atoms with van der Waals surface area (Å²) in [7, 11) is 1.65. The number of allylic oxidation sites excluding steroid dienone is 1. The minimum atomic E-state index is -0.266. The van der Waals surface area contributed by atoms with Gasteiger partial charge in [0.25, 0.3) is 0 Å². The van der Waals surface area contributed by atoms with E-state index in [1.54, 1.807) is 7.11 Å². The monoisotopic (exact) mass is 490 g/mol. The normalized spacial score (nSPS) is 18.1. The zero-order valence-electron chi connectivity index (χ0n) is 21.4. The number of rotatable bonds is 5. The molecule has 0 unspecified atom stereocenters. The number of anilines is 1. The Labute approximate surface area is 217 Å². The number of benzene rings is 3. The zero-order chi connectivity index (χ0) is 25.6. The highest BCUT2D eigenvalue weighted by atomic mass is 16.5. The third-order valence-corrected chi connectivity index (χ3v) is 7.35. The summed E-state index contributed by atoms with van der Waals surface area (Å²) >= 11 is 0. The van der Waals surface area contributed by atoms with Gasteiger partial charge in [0, 0.05) is 34.8 Å². The van der Waals surface area contributed by atoms with E-state index in [4.69, 9.17) is 9.47 Å². The van der Waals surface area contributed by atoms with Gasteiger partial charge in [0.05, 0.1) is 18.7 Å². The van der Waals surface area contributed by atoms with Crippen molar-refractivity contribution >= 4 is 27.9 Å². The summed E-state index contributed by atoms with van der Waals surface area (Å²) in [6.45, 7) is 4.81. The molecular weight excluding hydrogens is 460 g/mol. The van der Waals surface area contributed by atoms with Crippen LogP contribution in [0.3, 0.4) is 0 Å². The summed E-state index contributed by atoms with van der Waals surface area (Å²) in [5.74, 6) is 1.52. The summed E-state index contributed by atoms with van der Waals surface area (Å²) in [4.78, 5) is 18.3. The van der Waals surface area contributed by atoms with Crippen molar-refractivity contribution in [3.63, 3.8) is 0 Å². The lowest BCUT2D eigenvalue weighted by Crippen LogP contribution is -2.33. The third kappa shape index (κ3) is 4.25. The first-order chi connectivity index (χ1) is 17.9. The van der Waals surface area contributed by atoms with Crippen LogP contribution in [0, 0.1) is 5.41 Å². The SMILES string of the molecule is COc1cc([C@H]2Nc3ccc4ncccc4c3C3=C2C(=O)CC(C)(C)C3)ccc1OCc1ccccc1. The fourth-order valence-electron chi connectivity index (χ4n) is 5.69. The van der Waals surface area contributed by atoms with E-state index in [0.29, 0.717) is 24.5 Å². The molecule has 0 saturated heterocycles. The van der Waals surface area contributed by atoms with Crippen LogP contribution in [-0.2, 0) is 11.4 Å². The summed E-state index contributed by atoms with van der Waals surface area (Å²) in [5, 5.41) is 4.76. The van der Waals surface area contributed by atoms with Crippen molar-refractivity contribution in [2.24, 2.45) is 5.41 Å². The number of ether oxygens (including phenoxy) is 2. The van der Waals surface area contributed by atoms with Gasteiger partial charge in [-0.05, 0) is 58.9 Å². The van der Waals surface area contributed by atoms with Crippen molar-refractivity contribution in [3.05, 3.63) is 101 Å². The number of hydrogen-bond donors (Lipinski definition) is 1. The summed E-state index contributed by atoms with van der Waals surface area (Å²) in [6, 6.07) is 23.9. The van der Waals surface area contributed by atoms with Gasteiger partial charge >= 0.3 is 0 Å². The second-order valence-corrected chi connectivity index (χ2v) is 10.7. The fourth-order valence-corrected chi connectivity index (χ4v) is 5.69. The van der Waals surface area contributed by atoms with Crippen LogP contribution < -0.4 is 14.8 Å². The Bertz CT molecular complexity index is 1540. The molecule has 1 atom stereocenters. The highest BCUT2D eigenvalue weighted by molar-refractivity contribution is 6.12. The smallest absolute Gasteiger partial charge is 0.162 e. The minimum absolute atomic E-state index is 0.105. The van der Waals surface area contributed by atoms with E-state index in [0.717, 1.165) is 50.8 Å². The molecule has 0 fully saturated rings. The number of methoxy groups -OCH3 is 1. The number of nitrogens with zero attached hydrogens (tertiary/aromatic N) is 1. The number of fused-ring (bicyclic) bond motifs is 4. The Morgan fingerprint density at radius 1 is 0.973 bits per heavy atom. The number of aromatic nitrogens is 1. The molecule has 5 nitrogen and oxygen atoms in total. The average Bonchev–Trinajstić information content (AvgIpc) is 2.91. The molecule has 1 aromatic heterocycles. The summed E-state index contributed by atoms with van der Waals surface area (Å²) < 4.78 is 11.8. The first kappa shape index (κ1) is 23.3. The number of nitrogens with one attached hydrogen (secondary N) is 1. The van der Waals surface area contributed by atoms with E-state index in [1.165, 1.54) is 0 Å². The number of Topliss-reactive ketones (excluding diaryl/α,β-unsaturated/α-hetero) is 1. The van der Waals surface area contributed by atoms with Crippen LogP contribution in [-0.4, -0.2) is 17.9 Å². The predicted octanol–water partition coefficient (Wildman–Crippen LogP) is 7.13. The molecule has 1 N–H and O–H groups in total. The number of ketones is 1. The lowest BCUT2D eigenvalue weighted by Gasteiger charge is -2.40. The van der Waals surface area contributed by atoms with Gasteiger partial charge in [0.2, 0.25) is 0 Å². The largest absolute Gasteiger partial charge is 0.493 e. The Hall–Kier alpha value is -4.12. The maximum atomic E-state index is 13.7. The van der Waals surface area contributed by atoms with Crippen molar-refractivity contribution in [1.82, 2.24) is 4.98 Å². The topological polar surface area (TPSA) is 60.5 Å². The van der Waals surface area contributed by atoms with Crippen LogP contribution in [0.4, 0.5) is 5.69 Å². The molecule has 37 heavy (non-hydrogen) atoms. The van der Waals surface area contributed by atoms with E-state index in [-0.39, 0.29) is 17.2 Å². The number of pyridine rings is 1. The van der Waals surface area contributed by atoms with Crippen molar-refractivity contribution in [1.29, 1.82) is 0 Å². The molecular formula is C32H30N2O3. The number of carbonyl (C=O) groups is 1. The molecule has 1 aliphatic heterocycles. The van der Waals surface area contributed by atoms with Crippen molar-refractivity contribution in [2.45, 2.75) is 39.3 Å². The molecule has 3 aromatic carbocycles. The first-order valence-electron chi connectivity index (χ1n) is 12.7. The Morgan fingerprint density at radius 3 is 2.62 bits per heavy atom. The quantitative estimate of drug-likeness (QED) is 0.322. The van der Waals surface area contributed by atoms with Gasteiger partial charge in [0.1, 0.15) is 6.61 Å². The van der Waals surface area contributed by atoms with Gasteiger partial charge in [-0.25, -0.2) is 0 Å². The molecule has 6 rings (SSSR count). The van der Waals surface area contributed by atoms with Gasteiger partial charge in [-0.2, -0.15) is 0 Å². The lowest BCUT2D eigenvalue weighted by molar-refractivity contribution is -0.118. The zero-order valence-corrected chi connectivity index (χ0v) is 21.4. The van der Waals surface area contributed by atoms with E-state index >= 15 is 0 Å². The van der Waals surface area contributed by atoms with Crippen LogP contribution in [0.25, 0.3) is 16.5 Å². The maximum absolute atomic E-state index is 13.7. The second-order valence-electron chi connectivity index (χ2n) is 10.7. The Balaban J connectivity index is 1.43. The molecule has 4 aromatic rings. The Kier molecular flexibility index (Phi) is 5.71.